The van der Waals surface area contributed by atoms with E-state index in [1.54, 1.807) is 0 Å². The molecule has 0 fully saturated rings. The Bertz CT molecular complexity index is 2410. The van der Waals surface area contributed by atoms with Crippen LogP contribution in [0.5, 0.6) is 0 Å². The highest BCUT2D eigenvalue weighted by Crippen LogP contribution is 2.37. The largest absolute Gasteiger partial charge is 0.256 e. The maximum absolute atomic E-state index is 4.84. The first-order valence-electron chi connectivity index (χ1n) is 15.4. The van der Waals surface area contributed by atoms with Crippen molar-refractivity contribution in [3.05, 3.63) is 158 Å². The molecule has 4 aromatic heterocycles. The lowest BCUT2D eigenvalue weighted by Gasteiger charge is -2.12. The Balaban J connectivity index is 1.17. The molecule has 9 aromatic rings. The van der Waals surface area contributed by atoms with Gasteiger partial charge in [-0.25, -0.2) is 0 Å². The molecule has 4 nitrogen and oxygen atoms in total. The highest BCUT2D eigenvalue weighted by Gasteiger charge is 2.15. The Morgan fingerprint density at radius 1 is 0.304 bits per heavy atom. The number of rotatable bonds is 4. The second-order valence-corrected chi connectivity index (χ2v) is 11.5. The number of pyridine rings is 4. The molecule has 0 aliphatic carbocycles. The standard InChI is InChI=1S/C42H26N4/c1-3-11-31-27(7-1)9-5-13-33(31)29-17-21-43-39(25-29)35-19-23-45-41-37(35)15-16-38-36(20-24-46-42(38)41)40-26-30(18-22-44-40)34-14-6-10-28-8-2-4-12-32(28)34/h1-26H. The van der Waals surface area contributed by atoms with Crippen LogP contribution in [0, 0.1) is 0 Å². The molecule has 214 valence electrons. The molecule has 0 spiro atoms. The maximum Gasteiger partial charge on any atom is 0.0971 e. The normalized spacial score (nSPS) is 11.5. The minimum atomic E-state index is 0.847. The van der Waals surface area contributed by atoms with E-state index in [2.05, 4.69) is 121 Å². The van der Waals surface area contributed by atoms with Gasteiger partial charge < -0.3 is 0 Å². The summed E-state index contributed by atoms with van der Waals surface area (Å²) in [5, 5.41) is 6.92. The van der Waals surface area contributed by atoms with Crippen LogP contribution in [-0.2, 0) is 0 Å². The fraction of sp³-hybridized carbons (Fsp3) is 0. The highest BCUT2D eigenvalue weighted by atomic mass is 14.7. The first kappa shape index (κ1) is 26.2. The third-order valence-electron chi connectivity index (χ3n) is 8.89. The van der Waals surface area contributed by atoms with E-state index in [0.29, 0.717) is 0 Å². The Hall–Kier alpha value is -6.26. The summed E-state index contributed by atoms with van der Waals surface area (Å²) in [5.74, 6) is 0. The molecule has 4 heteroatoms. The highest BCUT2D eigenvalue weighted by molar-refractivity contribution is 6.11. The number of benzene rings is 5. The first-order valence-corrected chi connectivity index (χ1v) is 15.4. The van der Waals surface area contributed by atoms with Gasteiger partial charge in [-0.3, -0.25) is 19.9 Å². The number of nitrogens with zero attached hydrogens (tertiary/aromatic N) is 4. The van der Waals surface area contributed by atoms with Crippen LogP contribution in [0.15, 0.2) is 158 Å². The molecular formula is C42H26N4. The summed E-state index contributed by atoms with van der Waals surface area (Å²) in [6.07, 6.45) is 7.50. The van der Waals surface area contributed by atoms with Crippen LogP contribution >= 0.6 is 0 Å². The van der Waals surface area contributed by atoms with Crippen molar-refractivity contribution < 1.29 is 0 Å². The molecule has 0 bridgehead atoms. The second-order valence-electron chi connectivity index (χ2n) is 11.5. The molecule has 0 radical (unpaired) electrons. The lowest BCUT2D eigenvalue weighted by molar-refractivity contribution is 1.31. The third-order valence-corrected chi connectivity index (χ3v) is 8.89. The predicted molar refractivity (Wildman–Crippen MR) is 189 cm³/mol. The Morgan fingerprint density at radius 3 is 1.24 bits per heavy atom. The summed E-state index contributed by atoms with van der Waals surface area (Å²) in [7, 11) is 0. The van der Waals surface area contributed by atoms with Crippen LogP contribution in [0.2, 0.25) is 0 Å². The molecule has 5 aromatic carbocycles. The van der Waals surface area contributed by atoms with E-state index in [-0.39, 0.29) is 0 Å². The van der Waals surface area contributed by atoms with Crippen LogP contribution in [0.4, 0.5) is 0 Å². The number of hydrogen-bond acceptors (Lipinski definition) is 4. The van der Waals surface area contributed by atoms with E-state index < -0.39 is 0 Å². The topological polar surface area (TPSA) is 51.6 Å². The summed E-state index contributed by atoms with van der Waals surface area (Å²) < 4.78 is 0. The summed E-state index contributed by atoms with van der Waals surface area (Å²) >= 11 is 0. The SMILES string of the molecule is c1ccc2c(-c3ccnc(-c4ccnc5c4ccc4c(-c6cc(-c7cccc8ccccc78)ccn6)ccnc45)c3)cccc2c1. The lowest BCUT2D eigenvalue weighted by atomic mass is 9.95. The van der Waals surface area contributed by atoms with Gasteiger partial charge in [0.25, 0.3) is 0 Å². The lowest BCUT2D eigenvalue weighted by Crippen LogP contribution is -1.93. The molecule has 9 rings (SSSR count). The van der Waals surface area contributed by atoms with Crippen molar-refractivity contribution in [3.63, 3.8) is 0 Å². The predicted octanol–water partition coefficient (Wildman–Crippen LogP) is 10.5. The van der Waals surface area contributed by atoms with E-state index in [0.717, 1.165) is 55.4 Å². The van der Waals surface area contributed by atoms with E-state index >= 15 is 0 Å². The quantitative estimate of drug-likeness (QED) is 0.193. The number of aromatic nitrogens is 4. The van der Waals surface area contributed by atoms with E-state index in [1.807, 2.05) is 36.9 Å². The van der Waals surface area contributed by atoms with Gasteiger partial charge in [0, 0.05) is 46.7 Å². The first-order chi connectivity index (χ1) is 22.8. The third kappa shape index (κ3) is 4.31. The van der Waals surface area contributed by atoms with Gasteiger partial charge in [0.2, 0.25) is 0 Å². The zero-order valence-corrected chi connectivity index (χ0v) is 24.8. The Kier molecular flexibility index (Phi) is 6.10. The molecule has 0 N–H and O–H groups in total. The molecule has 0 amide bonds. The van der Waals surface area contributed by atoms with Gasteiger partial charge in [-0.1, -0.05) is 97.1 Å². The van der Waals surface area contributed by atoms with Crippen molar-refractivity contribution in [2.75, 3.05) is 0 Å². The molecule has 46 heavy (non-hydrogen) atoms. The minimum absolute atomic E-state index is 0.847. The summed E-state index contributed by atoms with van der Waals surface area (Å²) in [4.78, 5) is 19.3. The fourth-order valence-corrected chi connectivity index (χ4v) is 6.72. The van der Waals surface area contributed by atoms with Crippen molar-refractivity contribution in [2.24, 2.45) is 0 Å². The minimum Gasteiger partial charge on any atom is -0.256 e. The molecular weight excluding hydrogens is 560 g/mol. The zero-order valence-electron chi connectivity index (χ0n) is 24.8. The van der Waals surface area contributed by atoms with Gasteiger partial charge in [0.1, 0.15) is 0 Å². The van der Waals surface area contributed by atoms with E-state index in [4.69, 9.17) is 19.9 Å². The molecule has 0 unspecified atom stereocenters. The van der Waals surface area contributed by atoms with Crippen molar-refractivity contribution >= 4 is 43.4 Å². The van der Waals surface area contributed by atoms with Gasteiger partial charge in [0.15, 0.2) is 0 Å². The number of hydrogen-bond donors (Lipinski definition) is 0. The van der Waals surface area contributed by atoms with Gasteiger partial charge >= 0.3 is 0 Å². The molecule has 0 saturated heterocycles. The second kappa shape index (κ2) is 10.7. The summed E-state index contributed by atoms with van der Waals surface area (Å²) in [6.45, 7) is 0. The number of fused-ring (bicyclic) bond motifs is 5. The van der Waals surface area contributed by atoms with Crippen LogP contribution in [0.25, 0.3) is 88.1 Å². The average Bonchev–Trinajstić information content (AvgIpc) is 3.14. The monoisotopic (exact) mass is 586 g/mol. The maximum atomic E-state index is 4.84. The van der Waals surface area contributed by atoms with Crippen molar-refractivity contribution in [1.29, 1.82) is 0 Å². The van der Waals surface area contributed by atoms with Crippen LogP contribution in [-0.4, -0.2) is 19.9 Å². The molecule has 0 aliphatic rings. The van der Waals surface area contributed by atoms with Crippen LogP contribution < -0.4 is 0 Å². The Morgan fingerprint density at radius 2 is 0.739 bits per heavy atom. The summed E-state index contributed by atoms with van der Waals surface area (Å²) in [6, 6.07) is 46.8. The van der Waals surface area contributed by atoms with Gasteiger partial charge in [-0.05, 0) is 80.2 Å². The van der Waals surface area contributed by atoms with Gasteiger partial charge in [-0.2, -0.15) is 0 Å². The van der Waals surface area contributed by atoms with Crippen molar-refractivity contribution in [3.8, 4) is 44.8 Å². The molecule has 0 atom stereocenters. The average molecular weight is 587 g/mol. The smallest absolute Gasteiger partial charge is 0.0971 e. The van der Waals surface area contributed by atoms with Crippen LogP contribution in [0.3, 0.4) is 0 Å². The molecule has 0 aliphatic heterocycles. The van der Waals surface area contributed by atoms with Gasteiger partial charge in [-0.15, -0.1) is 0 Å². The fourth-order valence-electron chi connectivity index (χ4n) is 6.72. The van der Waals surface area contributed by atoms with Crippen molar-refractivity contribution in [1.82, 2.24) is 19.9 Å². The zero-order chi connectivity index (χ0) is 30.5. The Labute approximate surface area is 265 Å². The summed E-state index contributed by atoms with van der Waals surface area (Å²) in [5.41, 5.74) is 10.2. The van der Waals surface area contributed by atoms with Gasteiger partial charge in [0.05, 0.1) is 22.4 Å². The van der Waals surface area contributed by atoms with E-state index in [9.17, 15) is 0 Å². The van der Waals surface area contributed by atoms with Crippen LogP contribution in [0.1, 0.15) is 0 Å². The molecule has 0 saturated carbocycles. The van der Waals surface area contributed by atoms with Crippen molar-refractivity contribution in [2.45, 2.75) is 0 Å². The molecule has 4 heterocycles. The van der Waals surface area contributed by atoms with E-state index in [1.165, 1.54) is 32.7 Å².